The number of halogens is 1. The smallest absolute Gasteiger partial charge is 0.231 e. The predicted molar refractivity (Wildman–Crippen MR) is 83.7 cm³/mol. The fourth-order valence-electron chi connectivity index (χ4n) is 2.06. The molecule has 0 unspecified atom stereocenters. The van der Waals surface area contributed by atoms with Crippen LogP contribution in [0.25, 0.3) is 0 Å². The highest BCUT2D eigenvalue weighted by molar-refractivity contribution is 9.08. The van der Waals surface area contributed by atoms with E-state index in [-0.39, 0.29) is 13.4 Å². The number of ether oxygens (including phenoxy) is 4. The van der Waals surface area contributed by atoms with Crippen molar-refractivity contribution in [3.63, 3.8) is 0 Å². The summed E-state index contributed by atoms with van der Waals surface area (Å²) in [5.41, 5.74) is 2.04. The lowest BCUT2D eigenvalue weighted by Gasteiger charge is -1.97. The molecule has 2 heterocycles. The standard InChI is InChI=1S/C8H7BrO2.C8H8O3/c2*9-4-6-1-2-7-8(3-6)11-5-10-7/h1-3H,4-5H2;1-3,9H,4-5H2. The summed E-state index contributed by atoms with van der Waals surface area (Å²) in [6.07, 6.45) is 0. The van der Waals surface area contributed by atoms with Crippen LogP contribution >= 0.6 is 15.9 Å². The number of fused-ring (bicyclic) bond motifs is 2. The zero-order valence-corrected chi connectivity index (χ0v) is 13.3. The van der Waals surface area contributed by atoms with Crippen LogP contribution < -0.4 is 18.9 Å². The van der Waals surface area contributed by atoms with Crippen molar-refractivity contribution in [3.05, 3.63) is 47.5 Å². The summed E-state index contributed by atoms with van der Waals surface area (Å²) < 4.78 is 20.6. The van der Waals surface area contributed by atoms with Gasteiger partial charge in [0.15, 0.2) is 23.0 Å². The van der Waals surface area contributed by atoms with E-state index in [0.29, 0.717) is 6.79 Å². The van der Waals surface area contributed by atoms with Crippen LogP contribution in [-0.4, -0.2) is 18.7 Å². The molecule has 2 aliphatic rings. The van der Waals surface area contributed by atoms with Gasteiger partial charge >= 0.3 is 0 Å². The van der Waals surface area contributed by atoms with Crippen molar-refractivity contribution in [1.82, 2.24) is 0 Å². The van der Waals surface area contributed by atoms with Crippen molar-refractivity contribution in [2.24, 2.45) is 0 Å². The Labute approximate surface area is 136 Å². The first-order valence-electron chi connectivity index (χ1n) is 6.74. The summed E-state index contributed by atoms with van der Waals surface area (Å²) in [7, 11) is 0. The van der Waals surface area contributed by atoms with Crippen LogP contribution in [0.4, 0.5) is 0 Å². The molecule has 0 atom stereocenters. The molecule has 22 heavy (non-hydrogen) atoms. The van der Waals surface area contributed by atoms with Gasteiger partial charge < -0.3 is 24.1 Å². The Morgan fingerprint density at radius 2 is 1.27 bits per heavy atom. The van der Waals surface area contributed by atoms with Crippen molar-refractivity contribution in [3.8, 4) is 23.0 Å². The van der Waals surface area contributed by atoms with Crippen LogP contribution in [0.3, 0.4) is 0 Å². The highest BCUT2D eigenvalue weighted by Gasteiger charge is 2.13. The van der Waals surface area contributed by atoms with Crippen LogP contribution in [0.15, 0.2) is 36.4 Å². The van der Waals surface area contributed by atoms with Crippen LogP contribution in [0.2, 0.25) is 0 Å². The average molecular weight is 367 g/mol. The lowest BCUT2D eigenvalue weighted by atomic mass is 10.2. The summed E-state index contributed by atoms with van der Waals surface area (Å²) in [5, 5.41) is 9.62. The molecule has 1 N–H and O–H groups in total. The number of hydrogen-bond acceptors (Lipinski definition) is 5. The van der Waals surface area contributed by atoms with E-state index in [9.17, 15) is 0 Å². The van der Waals surface area contributed by atoms with Gasteiger partial charge in [-0.1, -0.05) is 28.1 Å². The van der Waals surface area contributed by atoms with E-state index < -0.39 is 0 Å². The molecule has 2 aromatic carbocycles. The molecule has 6 heteroatoms. The van der Waals surface area contributed by atoms with E-state index >= 15 is 0 Å². The Hall–Kier alpha value is -1.92. The topological polar surface area (TPSA) is 57.2 Å². The van der Waals surface area contributed by atoms with Gasteiger partial charge in [-0.05, 0) is 35.4 Å². The first-order valence-corrected chi connectivity index (χ1v) is 7.86. The van der Waals surface area contributed by atoms with E-state index in [4.69, 9.17) is 24.1 Å². The van der Waals surface area contributed by atoms with E-state index in [2.05, 4.69) is 15.9 Å². The molecular weight excluding hydrogens is 352 g/mol. The van der Waals surface area contributed by atoms with Crippen molar-refractivity contribution in [2.45, 2.75) is 11.9 Å². The Bertz CT molecular complexity index is 601. The van der Waals surface area contributed by atoms with Gasteiger partial charge in [0.1, 0.15) is 0 Å². The van der Waals surface area contributed by atoms with Crippen LogP contribution in [0, 0.1) is 0 Å². The molecule has 0 saturated heterocycles. The fraction of sp³-hybridized carbons (Fsp3) is 0.250. The Morgan fingerprint density at radius 3 is 1.82 bits per heavy atom. The lowest BCUT2D eigenvalue weighted by Crippen LogP contribution is -1.92. The number of benzene rings is 2. The number of aliphatic hydroxyl groups is 1. The third kappa shape index (κ3) is 3.28. The highest BCUT2D eigenvalue weighted by atomic mass is 79.9. The average Bonchev–Trinajstić information content (AvgIpc) is 3.22. The SMILES string of the molecule is BrCc1ccc2c(c1)OCO2.OCc1ccc2c(c1)OCO2. The van der Waals surface area contributed by atoms with Gasteiger partial charge in [0.25, 0.3) is 0 Å². The van der Waals surface area contributed by atoms with Crippen LogP contribution in [0.1, 0.15) is 11.1 Å². The molecule has 0 aromatic heterocycles. The zero-order chi connectivity index (χ0) is 15.4. The summed E-state index contributed by atoms with van der Waals surface area (Å²) >= 11 is 3.37. The second kappa shape index (κ2) is 6.89. The molecule has 5 nitrogen and oxygen atoms in total. The Morgan fingerprint density at radius 1 is 0.773 bits per heavy atom. The van der Waals surface area contributed by atoms with Gasteiger partial charge in [-0.15, -0.1) is 0 Å². The third-order valence-electron chi connectivity index (χ3n) is 3.21. The molecule has 0 spiro atoms. The second-order valence-corrected chi connectivity index (χ2v) is 5.23. The van der Waals surface area contributed by atoms with Crippen molar-refractivity contribution in [1.29, 1.82) is 0 Å². The highest BCUT2D eigenvalue weighted by Crippen LogP contribution is 2.33. The minimum atomic E-state index is 0.0383. The number of hydrogen-bond donors (Lipinski definition) is 1. The van der Waals surface area contributed by atoms with Crippen LogP contribution in [-0.2, 0) is 11.9 Å². The van der Waals surface area contributed by atoms with Crippen molar-refractivity contribution >= 4 is 15.9 Å². The molecular formula is C16H15BrO5. The predicted octanol–water partition coefficient (Wildman–Crippen LogP) is 3.22. The van der Waals surface area contributed by atoms with E-state index in [1.165, 1.54) is 5.56 Å². The molecule has 0 fully saturated rings. The zero-order valence-electron chi connectivity index (χ0n) is 11.8. The van der Waals surface area contributed by atoms with Gasteiger partial charge in [-0.25, -0.2) is 0 Å². The number of rotatable bonds is 2. The minimum absolute atomic E-state index is 0.0383. The maximum atomic E-state index is 8.77. The molecule has 0 amide bonds. The Kier molecular flexibility index (Phi) is 4.70. The number of aliphatic hydroxyl groups excluding tert-OH is 1. The molecule has 0 aliphatic carbocycles. The second-order valence-electron chi connectivity index (χ2n) is 4.67. The largest absolute Gasteiger partial charge is 0.454 e. The van der Waals surface area contributed by atoms with Gasteiger partial charge in [0.2, 0.25) is 13.6 Å². The normalized spacial score (nSPS) is 13.5. The van der Waals surface area contributed by atoms with Crippen molar-refractivity contribution in [2.75, 3.05) is 13.6 Å². The first kappa shape index (κ1) is 15.0. The molecule has 0 saturated carbocycles. The maximum Gasteiger partial charge on any atom is 0.231 e. The van der Waals surface area contributed by atoms with Gasteiger partial charge in [0.05, 0.1) is 6.61 Å². The Balaban J connectivity index is 0.000000131. The van der Waals surface area contributed by atoms with E-state index in [1.807, 2.05) is 24.3 Å². The van der Waals surface area contributed by atoms with Crippen molar-refractivity contribution < 1.29 is 24.1 Å². The summed E-state index contributed by atoms with van der Waals surface area (Å²) in [6.45, 7) is 0.669. The molecule has 4 rings (SSSR count). The molecule has 0 radical (unpaired) electrons. The molecule has 0 bridgehead atoms. The van der Waals surface area contributed by atoms with Gasteiger partial charge in [-0.2, -0.15) is 0 Å². The fourth-order valence-corrected chi connectivity index (χ4v) is 2.41. The third-order valence-corrected chi connectivity index (χ3v) is 3.86. The molecule has 2 aromatic rings. The van der Waals surface area contributed by atoms with Gasteiger partial charge in [0, 0.05) is 5.33 Å². The monoisotopic (exact) mass is 366 g/mol. The minimum Gasteiger partial charge on any atom is -0.454 e. The quantitative estimate of drug-likeness (QED) is 0.827. The van der Waals surface area contributed by atoms with Crippen LogP contribution in [0.5, 0.6) is 23.0 Å². The van der Waals surface area contributed by atoms with E-state index in [0.717, 1.165) is 33.9 Å². The first-order chi connectivity index (χ1) is 10.8. The summed E-state index contributed by atoms with van der Waals surface area (Å²) in [4.78, 5) is 0. The lowest BCUT2D eigenvalue weighted by molar-refractivity contribution is 0.173. The summed E-state index contributed by atoms with van der Waals surface area (Å²) in [6, 6.07) is 11.3. The molecule has 116 valence electrons. The maximum absolute atomic E-state index is 8.77. The van der Waals surface area contributed by atoms with Gasteiger partial charge in [-0.3, -0.25) is 0 Å². The van der Waals surface area contributed by atoms with E-state index in [1.54, 1.807) is 12.1 Å². The molecule has 2 aliphatic heterocycles. The number of alkyl halides is 1. The summed E-state index contributed by atoms with van der Waals surface area (Å²) in [5.74, 6) is 3.16.